The van der Waals surface area contributed by atoms with Gasteiger partial charge < -0.3 is 15.2 Å². The second-order valence-corrected chi connectivity index (χ2v) is 4.60. The van der Waals surface area contributed by atoms with Crippen LogP contribution >= 0.6 is 0 Å². The lowest BCUT2D eigenvalue weighted by molar-refractivity contribution is 0.0944. The van der Waals surface area contributed by atoms with Gasteiger partial charge in [0.1, 0.15) is 0 Å². The molecule has 1 amide bonds. The highest BCUT2D eigenvalue weighted by Crippen LogP contribution is 2.20. The second-order valence-electron chi connectivity index (χ2n) is 4.60. The number of aromatic nitrogens is 2. The van der Waals surface area contributed by atoms with Crippen molar-refractivity contribution in [3.05, 3.63) is 23.4 Å². The van der Waals surface area contributed by atoms with Crippen LogP contribution in [0.25, 0.3) is 0 Å². The van der Waals surface area contributed by atoms with E-state index in [0.29, 0.717) is 12.4 Å². The van der Waals surface area contributed by atoms with Crippen molar-refractivity contribution in [3.63, 3.8) is 0 Å². The quantitative estimate of drug-likeness (QED) is 0.785. The number of hydrogen-bond donors (Lipinski definition) is 2. The summed E-state index contributed by atoms with van der Waals surface area (Å²) in [6.45, 7) is 5.39. The van der Waals surface area contributed by atoms with E-state index < -0.39 is 0 Å². The molecule has 2 heterocycles. The van der Waals surface area contributed by atoms with Crippen molar-refractivity contribution in [2.45, 2.75) is 32.7 Å². The van der Waals surface area contributed by atoms with Gasteiger partial charge in [-0.1, -0.05) is 16.8 Å². The molecule has 1 fully saturated rings. The molecule has 18 heavy (non-hydrogen) atoms. The first-order valence-electron chi connectivity index (χ1n) is 6.15. The van der Waals surface area contributed by atoms with Crippen LogP contribution in [0.1, 0.15) is 49.2 Å². The molecule has 1 unspecified atom stereocenters. The van der Waals surface area contributed by atoms with Gasteiger partial charge in [-0.05, 0) is 33.2 Å². The molecule has 0 aromatic carbocycles. The minimum Gasteiger partial charge on any atom is -0.346 e. The van der Waals surface area contributed by atoms with E-state index in [1.807, 2.05) is 19.9 Å². The predicted octanol–water partition coefficient (Wildman–Crippen LogP) is 1.19. The molecule has 1 saturated heterocycles. The normalized spacial score (nSPS) is 18.7. The zero-order valence-corrected chi connectivity index (χ0v) is 10.7. The van der Waals surface area contributed by atoms with Crippen LogP contribution in [-0.4, -0.2) is 29.1 Å². The largest absolute Gasteiger partial charge is 0.346 e. The lowest BCUT2D eigenvalue weighted by atomic mass is 10.2. The average molecular weight is 250 g/mol. The standard InChI is InChI=1S/C12H18N4O2/c1-8(2)5-7-14-11(17)10-15-12(18-16-10)9-4-3-6-13-9/h5,9,13H,3-4,6-7H2,1-2H3,(H,14,17). The van der Waals surface area contributed by atoms with E-state index in [1.165, 1.54) is 0 Å². The summed E-state index contributed by atoms with van der Waals surface area (Å²) in [6, 6.07) is 0.0943. The maximum absolute atomic E-state index is 11.7. The maximum Gasteiger partial charge on any atom is 0.292 e. The fourth-order valence-electron chi connectivity index (χ4n) is 1.79. The minimum atomic E-state index is -0.305. The summed E-state index contributed by atoms with van der Waals surface area (Å²) >= 11 is 0. The molecule has 1 aliphatic rings. The third kappa shape index (κ3) is 3.16. The Morgan fingerprint density at radius 1 is 1.61 bits per heavy atom. The Kier molecular flexibility index (Phi) is 4.09. The van der Waals surface area contributed by atoms with Gasteiger partial charge in [0.25, 0.3) is 11.7 Å². The van der Waals surface area contributed by atoms with Gasteiger partial charge in [-0.25, -0.2) is 0 Å². The third-order valence-corrected chi connectivity index (χ3v) is 2.78. The molecule has 0 spiro atoms. The Morgan fingerprint density at radius 2 is 2.44 bits per heavy atom. The van der Waals surface area contributed by atoms with Gasteiger partial charge in [0, 0.05) is 6.54 Å². The van der Waals surface area contributed by atoms with Gasteiger partial charge in [-0.3, -0.25) is 4.79 Å². The summed E-state index contributed by atoms with van der Waals surface area (Å²) in [5.74, 6) is 0.293. The summed E-state index contributed by atoms with van der Waals surface area (Å²) in [5, 5.41) is 9.66. The van der Waals surface area contributed by atoms with E-state index in [2.05, 4.69) is 20.8 Å². The molecule has 0 aliphatic carbocycles. The molecule has 0 radical (unpaired) electrons. The molecule has 0 saturated carbocycles. The monoisotopic (exact) mass is 250 g/mol. The first-order chi connectivity index (χ1) is 8.66. The number of hydrogen-bond acceptors (Lipinski definition) is 5. The van der Waals surface area contributed by atoms with E-state index in [0.717, 1.165) is 25.0 Å². The molecule has 1 atom stereocenters. The molecule has 2 N–H and O–H groups in total. The molecule has 1 aliphatic heterocycles. The van der Waals surface area contributed by atoms with Crippen molar-refractivity contribution in [1.82, 2.24) is 20.8 Å². The first kappa shape index (κ1) is 12.8. The summed E-state index contributed by atoms with van der Waals surface area (Å²) < 4.78 is 5.10. The third-order valence-electron chi connectivity index (χ3n) is 2.78. The highest BCUT2D eigenvalue weighted by atomic mass is 16.5. The van der Waals surface area contributed by atoms with Crippen molar-refractivity contribution >= 4 is 5.91 Å². The summed E-state index contributed by atoms with van der Waals surface area (Å²) in [6.07, 6.45) is 3.99. The summed E-state index contributed by atoms with van der Waals surface area (Å²) in [5.41, 5.74) is 1.15. The van der Waals surface area contributed by atoms with Crippen molar-refractivity contribution in [2.75, 3.05) is 13.1 Å². The number of allylic oxidation sites excluding steroid dienone is 1. The van der Waals surface area contributed by atoms with Crippen LogP contribution in [-0.2, 0) is 0 Å². The molecule has 0 bridgehead atoms. The van der Waals surface area contributed by atoms with Gasteiger partial charge in [-0.15, -0.1) is 0 Å². The second kappa shape index (κ2) is 5.77. The summed E-state index contributed by atoms with van der Waals surface area (Å²) in [4.78, 5) is 15.8. The number of carbonyl (C=O) groups is 1. The maximum atomic E-state index is 11.7. The SMILES string of the molecule is CC(C)=CCNC(=O)c1noc(C2CCCN2)n1. The Labute approximate surface area is 106 Å². The Bertz CT molecular complexity index is 443. The van der Waals surface area contributed by atoms with E-state index in [-0.39, 0.29) is 17.8 Å². The number of nitrogens with one attached hydrogen (secondary N) is 2. The molecular formula is C12H18N4O2. The molecule has 1 aromatic heterocycles. The lowest BCUT2D eigenvalue weighted by Crippen LogP contribution is -2.24. The Morgan fingerprint density at radius 3 is 3.11 bits per heavy atom. The summed E-state index contributed by atoms with van der Waals surface area (Å²) in [7, 11) is 0. The van der Waals surface area contributed by atoms with Crippen LogP contribution in [0.5, 0.6) is 0 Å². The molecule has 1 aromatic rings. The zero-order chi connectivity index (χ0) is 13.0. The number of rotatable bonds is 4. The fourth-order valence-corrected chi connectivity index (χ4v) is 1.79. The van der Waals surface area contributed by atoms with E-state index in [9.17, 15) is 4.79 Å². The molecule has 2 rings (SSSR count). The molecule has 6 nitrogen and oxygen atoms in total. The number of nitrogens with zero attached hydrogens (tertiary/aromatic N) is 2. The minimum absolute atomic E-state index is 0.0943. The van der Waals surface area contributed by atoms with Crippen LogP contribution in [0.15, 0.2) is 16.2 Å². The smallest absolute Gasteiger partial charge is 0.292 e. The van der Waals surface area contributed by atoms with Gasteiger partial charge in [0.05, 0.1) is 6.04 Å². The number of carbonyl (C=O) groups excluding carboxylic acids is 1. The van der Waals surface area contributed by atoms with E-state index in [1.54, 1.807) is 0 Å². The molecule has 98 valence electrons. The fraction of sp³-hybridized carbons (Fsp3) is 0.583. The predicted molar refractivity (Wildman–Crippen MR) is 66.0 cm³/mol. The van der Waals surface area contributed by atoms with Crippen LogP contribution < -0.4 is 10.6 Å². The van der Waals surface area contributed by atoms with Crippen molar-refractivity contribution in [3.8, 4) is 0 Å². The zero-order valence-electron chi connectivity index (χ0n) is 10.7. The molecular weight excluding hydrogens is 232 g/mol. The first-order valence-corrected chi connectivity index (χ1v) is 6.15. The van der Waals surface area contributed by atoms with E-state index >= 15 is 0 Å². The number of amides is 1. The Hall–Kier alpha value is -1.69. The average Bonchev–Trinajstić information content (AvgIpc) is 2.99. The van der Waals surface area contributed by atoms with Crippen LogP contribution in [0.2, 0.25) is 0 Å². The van der Waals surface area contributed by atoms with Gasteiger partial charge >= 0.3 is 0 Å². The topological polar surface area (TPSA) is 80.0 Å². The lowest BCUT2D eigenvalue weighted by Gasteiger charge is -2.01. The highest BCUT2D eigenvalue weighted by Gasteiger charge is 2.23. The Balaban J connectivity index is 1.92. The van der Waals surface area contributed by atoms with Crippen molar-refractivity contribution < 1.29 is 9.32 Å². The van der Waals surface area contributed by atoms with Crippen LogP contribution in [0.3, 0.4) is 0 Å². The molecule has 6 heteroatoms. The van der Waals surface area contributed by atoms with Crippen LogP contribution in [0.4, 0.5) is 0 Å². The van der Waals surface area contributed by atoms with Gasteiger partial charge in [0.15, 0.2) is 0 Å². The van der Waals surface area contributed by atoms with Crippen molar-refractivity contribution in [2.24, 2.45) is 0 Å². The van der Waals surface area contributed by atoms with E-state index in [4.69, 9.17) is 4.52 Å². The van der Waals surface area contributed by atoms with Gasteiger partial charge in [0.2, 0.25) is 5.89 Å². The highest BCUT2D eigenvalue weighted by molar-refractivity contribution is 5.90. The van der Waals surface area contributed by atoms with Crippen LogP contribution in [0, 0.1) is 0 Å². The van der Waals surface area contributed by atoms with Gasteiger partial charge in [-0.2, -0.15) is 4.98 Å². The van der Waals surface area contributed by atoms with Crippen molar-refractivity contribution in [1.29, 1.82) is 0 Å².